The monoisotopic (exact) mass is 376 g/mol. The highest BCUT2D eigenvalue weighted by Gasteiger charge is 2.22. The van der Waals surface area contributed by atoms with Gasteiger partial charge in [-0.2, -0.15) is 5.10 Å². The summed E-state index contributed by atoms with van der Waals surface area (Å²) in [5, 5.41) is 11.1. The normalized spacial score (nSPS) is 12.3. The van der Waals surface area contributed by atoms with Gasteiger partial charge in [0.05, 0.1) is 5.92 Å². The number of amides is 1. The van der Waals surface area contributed by atoms with E-state index in [1.54, 1.807) is 12.1 Å². The van der Waals surface area contributed by atoms with E-state index in [0.29, 0.717) is 5.82 Å². The molecule has 0 bridgehead atoms. The Balaban J connectivity index is 1.65. The molecule has 0 saturated heterocycles. The van der Waals surface area contributed by atoms with Crippen LogP contribution in [0.1, 0.15) is 24.1 Å². The molecule has 0 aliphatic carbocycles. The molecular weight excluding hydrogens is 355 g/mol. The first-order valence-corrected chi connectivity index (χ1v) is 9.11. The van der Waals surface area contributed by atoms with Crippen LogP contribution >= 0.6 is 0 Å². The minimum Gasteiger partial charge on any atom is -0.350 e. The number of aromatic amines is 1. The van der Waals surface area contributed by atoms with Crippen LogP contribution in [0.5, 0.6) is 0 Å². The Morgan fingerprint density at radius 2 is 1.89 bits per heavy atom. The van der Waals surface area contributed by atoms with Crippen LogP contribution in [-0.4, -0.2) is 20.7 Å². The number of hydrogen-bond acceptors (Lipinski definition) is 2. The van der Waals surface area contributed by atoms with Gasteiger partial charge >= 0.3 is 0 Å². The average Bonchev–Trinajstić information content (AvgIpc) is 3.22. The molecule has 1 atom stereocenters. The number of fused-ring (bicyclic) bond motifs is 1. The predicted octanol–water partition coefficient (Wildman–Crippen LogP) is 4.76. The highest BCUT2D eigenvalue weighted by Crippen LogP contribution is 2.32. The van der Waals surface area contributed by atoms with Gasteiger partial charge in [-0.1, -0.05) is 30.3 Å². The zero-order valence-electron chi connectivity index (χ0n) is 16.0. The third-order valence-corrected chi connectivity index (χ3v) is 5.11. The highest BCUT2D eigenvalue weighted by molar-refractivity contribution is 6.01. The van der Waals surface area contributed by atoms with Gasteiger partial charge in [0.2, 0.25) is 5.91 Å². The van der Waals surface area contributed by atoms with Gasteiger partial charge in [-0.3, -0.25) is 9.89 Å². The summed E-state index contributed by atoms with van der Waals surface area (Å²) in [4.78, 5) is 13.0. The average molecular weight is 376 g/mol. The molecule has 4 rings (SSSR count). The number of hydrogen-bond donors (Lipinski definition) is 2. The topological polar surface area (TPSA) is 62.7 Å². The van der Waals surface area contributed by atoms with E-state index in [1.165, 1.54) is 12.1 Å². The maximum absolute atomic E-state index is 13.3. The molecule has 28 heavy (non-hydrogen) atoms. The number of carbonyl (C=O) groups is 1. The molecule has 0 saturated carbocycles. The molecule has 1 unspecified atom stereocenters. The summed E-state index contributed by atoms with van der Waals surface area (Å²) in [6.07, 6.45) is 1.99. The zero-order valence-corrected chi connectivity index (χ0v) is 16.0. The molecule has 0 spiro atoms. The molecule has 1 amide bonds. The first kappa shape index (κ1) is 18.0. The summed E-state index contributed by atoms with van der Waals surface area (Å²) in [6.45, 7) is 3.75. The second-order valence-corrected chi connectivity index (χ2v) is 7.00. The largest absolute Gasteiger partial charge is 0.350 e. The summed E-state index contributed by atoms with van der Waals surface area (Å²) < 4.78 is 15.3. The molecule has 0 aliphatic heterocycles. The number of H-pyrrole nitrogens is 1. The summed E-state index contributed by atoms with van der Waals surface area (Å²) >= 11 is 0. The van der Waals surface area contributed by atoms with Crippen LogP contribution in [0, 0.1) is 12.7 Å². The molecule has 2 heterocycles. The van der Waals surface area contributed by atoms with Gasteiger partial charge in [0.1, 0.15) is 5.82 Å². The molecule has 2 aromatic carbocycles. The highest BCUT2D eigenvalue weighted by atomic mass is 19.1. The van der Waals surface area contributed by atoms with Gasteiger partial charge in [-0.05, 0) is 43.2 Å². The van der Waals surface area contributed by atoms with Crippen molar-refractivity contribution in [2.24, 2.45) is 7.05 Å². The molecule has 6 heteroatoms. The SMILES string of the molecule is Cc1[nH]nc(NC(=O)C(C)c2cn(C)c3ccccc23)c1-c1ccc(F)cc1. The molecule has 142 valence electrons. The van der Waals surface area contributed by atoms with Gasteiger partial charge in [0.25, 0.3) is 0 Å². The van der Waals surface area contributed by atoms with Gasteiger partial charge < -0.3 is 9.88 Å². The Bertz CT molecular complexity index is 1160. The number of aromatic nitrogens is 3. The lowest BCUT2D eigenvalue weighted by Gasteiger charge is -2.12. The first-order valence-electron chi connectivity index (χ1n) is 9.11. The van der Waals surface area contributed by atoms with E-state index in [0.717, 1.165) is 33.3 Å². The predicted molar refractivity (Wildman–Crippen MR) is 109 cm³/mol. The summed E-state index contributed by atoms with van der Waals surface area (Å²) in [7, 11) is 1.97. The minimum atomic E-state index is -0.357. The third kappa shape index (κ3) is 3.07. The van der Waals surface area contributed by atoms with Crippen molar-refractivity contribution in [2.45, 2.75) is 19.8 Å². The standard InChI is InChI=1S/C22H21FN4O/c1-13(18-12-27(3)19-7-5-4-6-17(18)19)22(28)24-21-20(14(2)25-26-21)15-8-10-16(23)11-9-15/h4-13H,1-3H3,(H2,24,25,26,28). The van der Waals surface area contributed by atoms with Crippen LogP contribution < -0.4 is 5.32 Å². The van der Waals surface area contributed by atoms with Crippen molar-refractivity contribution in [3.63, 3.8) is 0 Å². The first-order chi connectivity index (χ1) is 13.5. The maximum Gasteiger partial charge on any atom is 0.232 e. The fourth-order valence-electron chi connectivity index (χ4n) is 3.57. The van der Waals surface area contributed by atoms with E-state index in [1.807, 2.05) is 55.9 Å². The minimum absolute atomic E-state index is 0.147. The van der Waals surface area contributed by atoms with E-state index in [2.05, 4.69) is 15.5 Å². The number of rotatable bonds is 4. The number of aryl methyl sites for hydroxylation is 2. The van der Waals surface area contributed by atoms with Crippen LogP contribution in [-0.2, 0) is 11.8 Å². The number of nitrogens with one attached hydrogen (secondary N) is 2. The second kappa shape index (κ2) is 6.96. The van der Waals surface area contributed by atoms with E-state index >= 15 is 0 Å². The number of benzene rings is 2. The van der Waals surface area contributed by atoms with Crippen LogP contribution in [0.4, 0.5) is 10.2 Å². The van der Waals surface area contributed by atoms with Crippen molar-refractivity contribution in [3.05, 3.63) is 71.8 Å². The van der Waals surface area contributed by atoms with Crippen molar-refractivity contribution >= 4 is 22.6 Å². The Hall–Kier alpha value is -3.41. The van der Waals surface area contributed by atoms with Gasteiger partial charge in [-0.25, -0.2) is 4.39 Å². The van der Waals surface area contributed by atoms with Crippen molar-refractivity contribution in [3.8, 4) is 11.1 Å². The Morgan fingerprint density at radius 1 is 1.18 bits per heavy atom. The van der Waals surface area contributed by atoms with Crippen molar-refractivity contribution in [2.75, 3.05) is 5.32 Å². The zero-order chi connectivity index (χ0) is 19.8. The van der Waals surface area contributed by atoms with Crippen LogP contribution in [0.2, 0.25) is 0 Å². The Labute approximate surface area is 162 Å². The van der Waals surface area contributed by atoms with Crippen LogP contribution in [0.15, 0.2) is 54.7 Å². The van der Waals surface area contributed by atoms with Crippen LogP contribution in [0.3, 0.4) is 0 Å². The molecule has 0 fully saturated rings. The number of carbonyl (C=O) groups excluding carboxylic acids is 1. The lowest BCUT2D eigenvalue weighted by Crippen LogP contribution is -2.19. The van der Waals surface area contributed by atoms with E-state index < -0.39 is 0 Å². The smallest absolute Gasteiger partial charge is 0.232 e. The Morgan fingerprint density at radius 3 is 2.64 bits per heavy atom. The van der Waals surface area contributed by atoms with E-state index in [9.17, 15) is 9.18 Å². The number of nitrogens with zero attached hydrogens (tertiary/aromatic N) is 2. The van der Waals surface area contributed by atoms with E-state index in [-0.39, 0.29) is 17.6 Å². The second-order valence-electron chi connectivity index (χ2n) is 7.00. The fraction of sp³-hybridized carbons (Fsp3) is 0.182. The number of halogens is 1. The van der Waals surface area contributed by atoms with Gasteiger partial charge in [-0.15, -0.1) is 0 Å². The quantitative estimate of drug-likeness (QED) is 0.539. The summed E-state index contributed by atoms with van der Waals surface area (Å²) in [5.41, 5.74) is 4.41. The molecule has 2 N–H and O–H groups in total. The van der Waals surface area contributed by atoms with Crippen molar-refractivity contribution in [1.82, 2.24) is 14.8 Å². The molecule has 4 aromatic rings. The molecular formula is C22H21FN4O. The molecule has 5 nitrogen and oxygen atoms in total. The fourth-order valence-corrected chi connectivity index (χ4v) is 3.57. The summed E-state index contributed by atoms with van der Waals surface area (Å²) in [6, 6.07) is 14.2. The summed E-state index contributed by atoms with van der Waals surface area (Å²) in [5.74, 6) is -0.364. The molecule has 0 radical (unpaired) electrons. The van der Waals surface area contributed by atoms with Crippen molar-refractivity contribution < 1.29 is 9.18 Å². The third-order valence-electron chi connectivity index (χ3n) is 5.11. The maximum atomic E-state index is 13.3. The molecule has 2 aromatic heterocycles. The van der Waals surface area contributed by atoms with Gasteiger partial charge in [0, 0.05) is 35.4 Å². The van der Waals surface area contributed by atoms with Crippen LogP contribution in [0.25, 0.3) is 22.0 Å². The lowest BCUT2D eigenvalue weighted by atomic mass is 9.99. The van der Waals surface area contributed by atoms with E-state index in [4.69, 9.17) is 0 Å². The van der Waals surface area contributed by atoms with Gasteiger partial charge in [0.15, 0.2) is 5.82 Å². The Kier molecular flexibility index (Phi) is 4.47. The number of para-hydroxylation sites is 1. The lowest BCUT2D eigenvalue weighted by molar-refractivity contribution is -0.117. The molecule has 0 aliphatic rings. The number of anilines is 1. The van der Waals surface area contributed by atoms with Crippen molar-refractivity contribution in [1.29, 1.82) is 0 Å².